The van der Waals surface area contributed by atoms with Gasteiger partial charge in [-0.15, -0.1) is 0 Å². The van der Waals surface area contributed by atoms with E-state index < -0.39 is 184 Å². The average molecular weight is 1400 g/mol. The molecule has 562 valence electrons. The normalized spacial score (nSPS) is 38.0. The summed E-state index contributed by atoms with van der Waals surface area (Å²) in [5.41, 5.74) is 0.947. The third kappa shape index (κ3) is 22.9. The number of allylic oxidation sites excluding steroid dienone is 2. The molecule has 5 amide bonds. The van der Waals surface area contributed by atoms with Crippen LogP contribution < -0.4 is 26.6 Å². The number of aliphatic carboxylic acids is 1. The number of aliphatic hydroxyl groups is 8. The molecule has 31 nitrogen and oxygen atoms in total. The molecular weight excluding hydrogens is 1290 g/mol. The van der Waals surface area contributed by atoms with E-state index in [1.165, 1.54) is 90.6 Å². The molecule has 98 heavy (non-hydrogen) atoms. The van der Waals surface area contributed by atoms with E-state index in [1.807, 2.05) is 0 Å². The molecule has 31 heteroatoms. The Hall–Kier alpha value is -4.20. The van der Waals surface area contributed by atoms with Crippen molar-refractivity contribution in [1.82, 2.24) is 26.6 Å². The molecule has 6 heterocycles. The highest BCUT2D eigenvalue weighted by Gasteiger charge is 2.62. The number of fused-ring (bicyclic) bond motifs is 1. The van der Waals surface area contributed by atoms with Crippen molar-refractivity contribution >= 4 is 35.5 Å². The Morgan fingerprint density at radius 3 is 1.66 bits per heavy atom. The summed E-state index contributed by atoms with van der Waals surface area (Å²) < 4.78 is 67.8. The first kappa shape index (κ1) is 81.1. The van der Waals surface area contributed by atoms with Gasteiger partial charge >= 0.3 is 5.97 Å². The van der Waals surface area contributed by atoms with Gasteiger partial charge in [0.2, 0.25) is 29.5 Å². The summed E-state index contributed by atoms with van der Waals surface area (Å²) in [6.07, 6.45) is -15.0. The van der Waals surface area contributed by atoms with E-state index in [-0.39, 0.29) is 30.4 Å². The number of ether oxygens (including phenoxy) is 11. The minimum absolute atomic E-state index is 0.0263. The lowest BCUT2D eigenvalue weighted by atomic mass is 9.75. The van der Waals surface area contributed by atoms with Crippen molar-refractivity contribution < 1.29 is 127 Å². The quantitative estimate of drug-likeness (QED) is 0.0264. The van der Waals surface area contributed by atoms with E-state index in [0.717, 1.165) is 39.5 Å². The highest BCUT2D eigenvalue weighted by atomic mass is 16.8. The van der Waals surface area contributed by atoms with Crippen LogP contribution in [0.4, 0.5) is 0 Å². The molecule has 7 rings (SSSR count). The van der Waals surface area contributed by atoms with Crippen molar-refractivity contribution in [3.8, 4) is 0 Å². The first-order chi connectivity index (χ1) is 46.6. The highest BCUT2D eigenvalue weighted by molar-refractivity contribution is 5.78. The van der Waals surface area contributed by atoms with Gasteiger partial charge in [-0.25, -0.2) is 4.79 Å². The molecule has 0 radical (unpaired) electrons. The molecule has 26 atom stereocenters. The Morgan fingerprint density at radius 1 is 0.510 bits per heavy atom. The zero-order valence-corrected chi connectivity index (χ0v) is 58.0. The third-order valence-electron chi connectivity index (χ3n) is 19.6. The van der Waals surface area contributed by atoms with Gasteiger partial charge in [0.25, 0.3) is 0 Å². The topological polar surface area (TPSA) is 449 Å². The molecule has 1 saturated carbocycles. The lowest BCUT2D eigenvalue weighted by Crippen LogP contribution is -2.71. The average Bonchev–Trinajstić information content (AvgIpc) is 1.57. The first-order valence-corrected chi connectivity index (χ1v) is 35.4. The zero-order chi connectivity index (χ0) is 71.5. The van der Waals surface area contributed by atoms with Crippen molar-refractivity contribution in [3.63, 3.8) is 0 Å². The van der Waals surface area contributed by atoms with E-state index in [2.05, 4.69) is 53.4 Å². The molecule has 7 aliphatic rings. The lowest BCUT2D eigenvalue weighted by molar-refractivity contribution is -0.386. The summed E-state index contributed by atoms with van der Waals surface area (Å²) in [6, 6.07) is -4.37. The van der Waals surface area contributed by atoms with Crippen molar-refractivity contribution in [2.45, 2.75) is 349 Å². The van der Waals surface area contributed by atoms with Crippen LogP contribution in [0, 0.1) is 5.92 Å². The number of nitrogens with one attached hydrogen (secondary N) is 5. The number of amides is 5. The monoisotopic (exact) mass is 1400 g/mol. The number of aliphatic hydroxyl groups excluding tert-OH is 8. The minimum Gasteiger partial charge on any atom is -0.479 e. The predicted octanol–water partition coefficient (Wildman–Crippen LogP) is 0.461. The number of unbranched alkanes of at least 4 members (excludes halogenated alkanes) is 3. The molecule has 16 unspecified atom stereocenters. The maximum absolute atomic E-state index is 13.6. The van der Waals surface area contributed by atoms with Gasteiger partial charge in [0.1, 0.15) is 97.5 Å². The molecule has 0 aromatic heterocycles. The van der Waals surface area contributed by atoms with Gasteiger partial charge < -0.3 is 125 Å². The smallest absolute Gasteiger partial charge is 0.335 e. The fourth-order valence-corrected chi connectivity index (χ4v) is 14.1. The summed E-state index contributed by atoms with van der Waals surface area (Å²) >= 11 is 0. The van der Waals surface area contributed by atoms with Crippen molar-refractivity contribution in [1.29, 1.82) is 0 Å². The van der Waals surface area contributed by atoms with Gasteiger partial charge in [-0.1, -0.05) is 75.9 Å². The number of carboxylic acids is 1. The van der Waals surface area contributed by atoms with Crippen LogP contribution in [0.25, 0.3) is 0 Å². The molecule has 0 aromatic rings. The van der Waals surface area contributed by atoms with Crippen LogP contribution in [0.15, 0.2) is 11.6 Å². The standard InChI is InChI=1S/C67H113N5O26/c1-34(2)25-24-30-67(8,40-26-18-15-13-11-9-10-12-14-16-19-27-40)72-43(78)29-21-20-28-42(77)68-31-22-17-23-32-88-61-45(70-38(6)75)56(59-66(97-59)98-61)93-63-46(71-39(7)76)55(54(36(4)90-63)92-64-53(85)50(82)48(80)41(33-73)91-64)94-65-58(52(84)51(83)57(95-65)60(86)87)96-62-44(69-37(5)74)49(81)47(79)35(3)89-62/h25,35-36,40-41,44-59,61-66,73,79-85H,9-24,26-33H2,1-8H3,(H,68,77)(H,69,74)(H,70,75)(H,71,76)(H,72,78)(H,86,87)/t35?,36?,41?,44?,45?,46?,47-,48-,49?,50?,51+,52?,53?,54-,55?,56?,57?,58?,59-,61-,62+,63+,64+,65-,66?,67?/m1/s1. The molecule has 7 fully saturated rings. The molecular formula is C67H113N5O26. The van der Waals surface area contributed by atoms with Gasteiger partial charge in [0.05, 0.1) is 18.8 Å². The lowest BCUT2D eigenvalue weighted by Gasteiger charge is -2.51. The zero-order valence-electron chi connectivity index (χ0n) is 58.0. The van der Waals surface area contributed by atoms with Crippen LogP contribution in [-0.2, 0) is 80.9 Å². The second kappa shape index (κ2) is 38.9. The third-order valence-corrected chi connectivity index (χ3v) is 19.6. The number of carboxylic acid groups (broad SMARTS) is 1. The Morgan fingerprint density at radius 2 is 1.06 bits per heavy atom. The number of rotatable bonds is 30. The SMILES string of the molecule is CC(=O)NC1C(O)[C@H](O)C(C)O[C@H]1OC1C(O)[C@H](O)C(C(=O)O)O[C@H]1OC1C(NC(C)=O)[C@H](OC2C(NC(C)=O)[C@H](OCCCCCNC(=O)CCCCC(=O)NC(C)(CCC=C(C)C)C3CCCCCCCCCCCC3)OC3O[C@@H]32)OC(C)[C@H]1O[C@@H]1OC(CO)[C@@H](O)C(O)C1O. The number of carbonyl (C=O) groups excluding carboxylic acids is 5. The van der Waals surface area contributed by atoms with Gasteiger partial charge in [0.15, 0.2) is 43.8 Å². The van der Waals surface area contributed by atoms with E-state index in [0.29, 0.717) is 51.0 Å². The van der Waals surface area contributed by atoms with E-state index >= 15 is 0 Å². The van der Waals surface area contributed by atoms with Gasteiger partial charge in [-0.3, -0.25) is 24.0 Å². The fourth-order valence-electron chi connectivity index (χ4n) is 14.1. The molecule has 0 bridgehead atoms. The summed E-state index contributed by atoms with van der Waals surface area (Å²) in [6.45, 7) is 12.3. The highest BCUT2D eigenvalue weighted by Crippen LogP contribution is 2.42. The molecule has 0 spiro atoms. The molecule has 6 saturated heterocycles. The number of hydrogen-bond donors (Lipinski definition) is 14. The molecule has 14 N–H and O–H groups in total. The predicted molar refractivity (Wildman–Crippen MR) is 344 cm³/mol. The van der Waals surface area contributed by atoms with E-state index in [9.17, 15) is 74.7 Å². The Bertz CT molecular complexity index is 2540. The fraction of sp³-hybridized carbons (Fsp3) is 0.881. The number of carbonyl (C=O) groups is 6. The Balaban J connectivity index is 0.993. The molecule has 1 aliphatic carbocycles. The first-order valence-electron chi connectivity index (χ1n) is 35.4. The Kier molecular flexibility index (Phi) is 32.2. The van der Waals surface area contributed by atoms with E-state index in [1.54, 1.807) is 0 Å². The van der Waals surface area contributed by atoms with Crippen LogP contribution >= 0.6 is 0 Å². The minimum atomic E-state index is -2.26. The van der Waals surface area contributed by atoms with Crippen molar-refractivity contribution in [2.24, 2.45) is 5.92 Å². The Labute approximate surface area is 573 Å². The second-order valence-electron chi connectivity index (χ2n) is 28.0. The van der Waals surface area contributed by atoms with Gasteiger partial charge in [0, 0.05) is 52.3 Å². The number of epoxide rings is 1. The van der Waals surface area contributed by atoms with Crippen molar-refractivity contribution in [3.05, 3.63) is 11.6 Å². The van der Waals surface area contributed by atoms with Crippen LogP contribution in [0.5, 0.6) is 0 Å². The maximum Gasteiger partial charge on any atom is 0.335 e. The molecule has 6 aliphatic heterocycles. The van der Waals surface area contributed by atoms with Crippen LogP contribution in [-0.4, -0.2) is 260 Å². The molecule has 0 aromatic carbocycles. The van der Waals surface area contributed by atoms with Gasteiger partial charge in [-0.2, -0.15) is 0 Å². The maximum atomic E-state index is 13.6. The summed E-state index contributed by atoms with van der Waals surface area (Å²) in [5.74, 6) is -3.53. The summed E-state index contributed by atoms with van der Waals surface area (Å²) in [7, 11) is 0. The number of hydrogen-bond acceptors (Lipinski definition) is 25. The van der Waals surface area contributed by atoms with Gasteiger partial charge in [-0.05, 0) is 98.3 Å². The second-order valence-corrected chi connectivity index (χ2v) is 28.0. The summed E-state index contributed by atoms with van der Waals surface area (Å²) in [5, 5.41) is 112. The van der Waals surface area contributed by atoms with E-state index in [4.69, 9.17) is 52.1 Å². The van der Waals surface area contributed by atoms with Crippen LogP contribution in [0.3, 0.4) is 0 Å². The van der Waals surface area contributed by atoms with Crippen LogP contribution in [0.2, 0.25) is 0 Å². The van der Waals surface area contributed by atoms with Crippen LogP contribution in [0.1, 0.15) is 190 Å². The summed E-state index contributed by atoms with van der Waals surface area (Å²) in [4.78, 5) is 78.2. The van der Waals surface area contributed by atoms with Crippen molar-refractivity contribution in [2.75, 3.05) is 19.8 Å². The largest absolute Gasteiger partial charge is 0.479 e.